The van der Waals surface area contributed by atoms with Crippen LogP contribution < -0.4 is 5.32 Å². The number of rotatable bonds is 8. The van der Waals surface area contributed by atoms with E-state index in [1.54, 1.807) is 0 Å². The molecule has 124 valence electrons. The summed E-state index contributed by atoms with van der Waals surface area (Å²) in [5.74, 6) is 1.40. The van der Waals surface area contributed by atoms with Crippen molar-refractivity contribution in [2.45, 2.75) is 64.1 Å². The predicted molar refractivity (Wildman–Crippen MR) is 84.4 cm³/mol. The summed E-state index contributed by atoms with van der Waals surface area (Å²) in [6.45, 7) is 6.12. The third-order valence-electron chi connectivity index (χ3n) is 5.02. The minimum Gasteiger partial charge on any atom is -0.389 e. The molecule has 0 aromatic carbocycles. The first-order chi connectivity index (χ1) is 10.3. The third-order valence-corrected chi connectivity index (χ3v) is 5.02. The standard InChI is InChI=1S/C17H33NO3/c1-2-15-5-3-4-6-17(15)21-13-16(19)12-18-11-14-7-9-20-10-8-14/h14-19H,2-13H2,1H3. The summed E-state index contributed by atoms with van der Waals surface area (Å²) < 4.78 is 11.3. The number of hydrogen-bond acceptors (Lipinski definition) is 4. The average Bonchev–Trinajstić information content (AvgIpc) is 2.54. The second-order valence-corrected chi connectivity index (χ2v) is 6.69. The van der Waals surface area contributed by atoms with Crippen LogP contribution in [-0.2, 0) is 9.47 Å². The topological polar surface area (TPSA) is 50.7 Å². The number of aliphatic hydroxyl groups is 1. The van der Waals surface area contributed by atoms with Gasteiger partial charge in [0.25, 0.3) is 0 Å². The van der Waals surface area contributed by atoms with Gasteiger partial charge in [0.2, 0.25) is 0 Å². The Balaban J connectivity index is 1.55. The fraction of sp³-hybridized carbons (Fsp3) is 1.00. The van der Waals surface area contributed by atoms with E-state index in [1.165, 1.54) is 32.1 Å². The fourth-order valence-electron chi connectivity index (χ4n) is 3.56. The van der Waals surface area contributed by atoms with E-state index >= 15 is 0 Å². The molecule has 0 radical (unpaired) electrons. The van der Waals surface area contributed by atoms with E-state index in [0.29, 0.717) is 31.1 Å². The maximum atomic E-state index is 10.1. The van der Waals surface area contributed by atoms with E-state index in [0.717, 1.165) is 32.6 Å². The van der Waals surface area contributed by atoms with Crippen LogP contribution in [0, 0.1) is 11.8 Å². The molecule has 3 unspecified atom stereocenters. The molecule has 1 aliphatic carbocycles. The van der Waals surface area contributed by atoms with Crippen LogP contribution in [0.3, 0.4) is 0 Å². The minimum absolute atomic E-state index is 0.369. The van der Waals surface area contributed by atoms with E-state index in [2.05, 4.69) is 12.2 Å². The van der Waals surface area contributed by atoms with Crippen LogP contribution in [-0.4, -0.2) is 50.2 Å². The van der Waals surface area contributed by atoms with Gasteiger partial charge in [-0.05, 0) is 44.1 Å². The molecule has 21 heavy (non-hydrogen) atoms. The van der Waals surface area contributed by atoms with Gasteiger partial charge in [-0.15, -0.1) is 0 Å². The van der Waals surface area contributed by atoms with Crippen molar-refractivity contribution in [2.75, 3.05) is 32.9 Å². The zero-order chi connectivity index (χ0) is 14.9. The zero-order valence-corrected chi connectivity index (χ0v) is 13.6. The normalized spacial score (nSPS) is 29.4. The zero-order valence-electron chi connectivity index (χ0n) is 13.6. The number of ether oxygens (including phenoxy) is 2. The molecule has 0 amide bonds. The molecule has 0 spiro atoms. The molecule has 2 N–H and O–H groups in total. The molecule has 1 heterocycles. The van der Waals surface area contributed by atoms with Gasteiger partial charge >= 0.3 is 0 Å². The highest BCUT2D eigenvalue weighted by Crippen LogP contribution is 2.29. The van der Waals surface area contributed by atoms with E-state index in [1.807, 2.05) is 0 Å². The van der Waals surface area contributed by atoms with Crippen LogP contribution in [0.5, 0.6) is 0 Å². The second kappa shape index (κ2) is 9.78. The molecule has 1 aliphatic heterocycles. The molecule has 0 bridgehead atoms. The highest BCUT2D eigenvalue weighted by Gasteiger charge is 2.24. The molecule has 3 atom stereocenters. The highest BCUT2D eigenvalue weighted by molar-refractivity contribution is 4.76. The first-order valence-corrected chi connectivity index (χ1v) is 8.87. The van der Waals surface area contributed by atoms with Gasteiger partial charge in [-0.2, -0.15) is 0 Å². The average molecular weight is 299 g/mol. The monoisotopic (exact) mass is 299 g/mol. The quantitative estimate of drug-likeness (QED) is 0.722. The van der Waals surface area contributed by atoms with E-state index < -0.39 is 0 Å². The Hall–Kier alpha value is -0.160. The highest BCUT2D eigenvalue weighted by atomic mass is 16.5. The summed E-state index contributed by atoms with van der Waals surface area (Å²) in [7, 11) is 0. The van der Waals surface area contributed by atoms with Crippen LogP contribution in [0.25, 0.3) is 0 Å². The Bertz CT molecular complexity index is 269. The van der Waals surface area contributed by atoms with Crippen LogP contribution in [0.2, 0.25) is 0 Å². The lowest BCUT2D eigenvalue weighted by atomic mass is 9.85. The lowest BCUT2D eigenvalue weighted by molar-refractivity contribution is -0.0501. The summed E-state index contributed by atoms with van der Waals surface area (Å²) in [5, 5.41) is 13.4. The molecule has 2 fully saturated rings. The SMILES string of the molecule is CCC1CCCCC1OCC(O)CNCC1CCOCC1. The van der Waals surface area contributed by atoms with Gasteiger partial charge in [0.15, 0.2) is 0 Å². The molecule has 4 nitrogen and oxygen atoms in total. The first kappa shape index (κ1) is 17.2. The van der Waals surface area contributed by atoms with Gasteiger partial charge in [-0.1, -0.05) is 26.2 Å². The Morgan fingerprint density at radius 1 is 1.19 bits per heavy atom. The smallest absolute Gasteiger partial charge is 0.0897 e. The number of nitrogens with one attached hydrogen (secondary N) is 1. The molecule has 0 aromatic heterocycles. The van der Waals surface area contributed by atoms with Gasteiger partial charge in [-0.3, -0.25) is 0 Å². The van der Waals surface area contributed by atoms with E-state index in [9.17, 15) is 5.11 Å². The maximum absolute atomic E-state index is 10.1. The fourth-order valence-corrected chi connectivity index (χ4v) is 3.56. The third kappa shape index (κ3) is 6.23. The summed E-state index contributed by atoms with van der Waals surface area (Å²) in [6.07, 6.45) is 8.54. The lowest BCUT2D eigenvalue weighted by Gasteiger charge is -2.31. The van der Waals surface area contributed by atoms with Crippen molar-refractivity contribution in [3.63, 3.8) is 0 Å². The largest absolute Gasteiger partial charge is 0.389 e. The Morgan fingerprint density at radius 3 is 2.71 bits per heavy atom. The predicted octanol–water partition coefficient (Wildman–Crippen LogP) is 2.35. The van der Waals surface area contributed by atoms with Crippen molar-refractivity contribution in [1.29, 1.82) is 0 Å². The van der Waals surface area contributed by atoms with Crippen molar-refractivity contribution in [1.82, 2.24) is 5.32 Å². The molecule has 0 aromatic rings. The first-order valence-electron chi connectivity index (χ1n) is 8.87. The molecular formula is C17H33NO3. The maximum Gasteiger partial charge on any atom is 0.0897 e. The molecule has 1 saturated carbocycles. The molecule has 2 rings (SSSR count). The Morgan fingerprint density at radius 2 is 1.95 bits per heavy atom. The summed E-state index contributed by atoms with van der Waals surface area (Å²) in [4.78, 5) is 0. The lowest BCUT2D eigenvalue weighted by Crippen LogP contribution is -2.37. The summed E-state index contributed by atoms with van der Waals surface area (Å²) >= 11 is 0. The van der Waals surface area contributed by atoms with E-state index in [-0.39, 0.29) is 6.10 Å². The van der Waals surface area contributed by atoms with Crippen molar-refractivity contribution >= 4 is 0 Å². The molecular weight excluding hydrogens is 266 g/mol. The Kier molecular flexibility index (Phi) is 8.01. The minimum atomic E-state index is -0.385. The molecule has 4 heteroatoms. The summed E-state index contributed by atoms with van der Waals surface area (Å²) in [6, 6.07) is 0. The van der Waals surface area contributed by atoms with Crippen molar-refractivity contribution in [2.24, 2.45) is 11.8 Å². The van der Waals surface area contributed by atoms with Crippen molar-refractivity contribution < 1.29 is 14.6 Å². The number of aliphatic hydroxyl groups excluding tert-OH is 1. The van der Waals surface area contributed by atoms with Gasteiger partial charge in [0.1, 0.15) is 0 Å². The van der Waals surface area contributed by atoms with Gasteiger partial charge < -0.3 is 19.9 Å². The second-order valence-electron chi connectivity index (χ2n) is 6.69. The van der Waals surface area contributed by atoms with Crippen LogP contribution in [0.1, 0.15) is 51.9 Å². The van der Waals surface area contributed by atoms with Crippen molar-refractivity contribution in [3.05, 3.63) is 0 Å². The Labute approximate surface area is 129 Å². The number of hydrogen-bond donors (Lipinski definition) is 2. The van der Waals surface area contributed by atoms with Crippen LogP contribution in [0.15, 0.2) is 0 Å². The molecule has 1 saturated heterocycles. The van der Waals surface area contributed by atoms with Crippen LogP contribution >= 0.6 is 0 Å². The van der Waals surface area contributed by atoms with Crippen molar-refractivity contribution in [3.8, 4) is 0 Å². The van der Waals surface area contributed by atoms with Gasteiger partial charge in [-0.25, -0.2) is 0 Å². The summed E-state index contributed by atoms with van der Waals surface area (Å²) in [5.41, 5.74) is 0. The van der Waals surface area contributed by atoms with Gasteiger partial charge in [0.05, 0.1) is 18.8 Å². The molecule has 2 aliphatic rings. The van der Waals surface area contributed by atoms with E-state index in [4.69, 9.17) is 9.47 Å². The van der Waals surface area contributed by atoms with Gasteiger partial charge in [0, 0.05) is 19.8 Å². The van der Waals surface area contributed by atoms with Crippen LogP contribution in [0.4, 0.5) is 0 Å².